The molecule has 0 spiro atoms. The van der Waals surface area contributed by atoms with E-state index < -0.39 is 23.6 Å². The van der Waals surface area contributed by atoms with Crippen LogP contribution < -0.4 is 11.0 Å². The van der Waals surface area contributed by atoms with Crippen molar-refractivity contribution in [3.8, 4) is 0 Å². The molecule has 9 nitrogen and oxygen atoms in total. The summed E-state index contributed by atoms with van der Waals surface area (Å²) in [7, 11) is 0. The van der Waals surface area contributed by atoms with Crippen LogP contribution in [0.25, 0.3) is 0 Å². The van der Waals surface area contributed by atoms with Crippen LogP contribution >= 0.6 is 0 Å². The van der Waals surface area contributed by atoms with Crippen molar-refractivity contribution in [3.63, 3.8) is 0 Å². The monoisotopic (exact) mass is 326 g/mol. The number of carbonyl (C=O) groups excluding carboxylic acids is 3. The Bertz CT molecular complexity index is 540. The number of benzene rings is 1. The van der Waals surface area contributed by atoms with Crippen molar-refractivity contribution in [2.75, 3.05) is 0 Å². The Labute approximate surface area is 132 Å². The van der Waals surface area contributed by atoms with Gasteiger partial charge in [-0.15, -0.1) is 0 Å². The largest absolute Gasteiger partial charge is 0.550 e. The van der Waals surface area contributed by atoms with Gasteiger partial charge in [0.15, 0.2) is 0 Å². The Balaban J connectivity index is 2.15. The van der Waals surface area contributed by atoms with Gasteiger partial charge in [0.2, 0.25) is 0 Å². The predicted octanol–water partition coefficient (Wildman–Crippen LogP) is 1.99. The Hall–Kier alpha value is -2.81. The Morgan fingerprint density at radius 1 is 1.00 bits per heavy atom. The number of hydrogen-bond acceptors (Lipinski definition) is 7. The first-order chi connectivity index (χ1) is 10.8. The molecule has 0 saturated heterocycles. The molecule has 9 heteroatoms. The van der Waals surface area contributed by atoms with Crippen LogP contribution in [0.15, 0.2) is 30.3 Å². The summed E-state index contributed by atoms with van der Waals surface area (Å²) in [5.41, 5.74) is 3.69. The van der Waals surface area contributed by atoms with E-state index in [4.69, 9.17) is 0 Å². The van der Waals surface area contributed by atoms with Crippen LogP contribution in [-0.2, 0) is 30.9 Å². The summed E-state index contributed by atoms with van der Waals surface area (Å²) in [5, 5.41) is 0. The first kappa shape index (κ1) is 18.2. The quantitative estimate of drug-likeness (QED) is 0.494. The van der Waals surface area contributed by atoms with E-state index in [0.29, 0.717) is 0 Å². The van der Waals surface area contributed by atoms with Gasteiger partial charge in [-0.2, -0.15) is 15.2 Å². The number of ether oxygens (including phenoxy) is 1. The van der Waals surface area contributed by atoms with E-state index in [0.717, 1.165) is 5.56 Å². The molecule has 1 aromatic rings. The number of amides is 2. The average molecular weight is 326 g/mol. The van der Waals surface area contributed by atoms with Crippen LogP contribution in [0.4, 0.5) is 9.59 Å². The zero-order valence-corrected chi connectivity index (χ0v) is 13.0. The average Bonchev–Trinajstić information content (AvgIpc) is 2.51. The molecular formula is C14H18N2O7. The van der Waals surface area contributed by atoms with Crippen molar-refractivity contribution in [3.05, 3.63) is 35.9 Å². The molecule has 0 aliphatic heterocycles. The molecule has 1 rings (SSSR count). The molecule has 2 N–H and O–H groups in total. The smallest absolute Gasteiger partial charge is 0.427 e. The third-order valence-electron chi connectivity index (χ3n) is 2.34. The van der Waals surface area contributed by atoms with Gasteiger partial charge in [-0.05, 0) is 5.56 Å². The van der Waals surface area contributed by atoms with E-state index in [-0.39, 0.29) is 6.61 Å². The SMILES string of the molecule is CC(C)(C)C(=O)NONC(=O)OOC(=O)OCc1ccccc1. The molecule has 0 bridgehead atoms. The van der Waals surface area contributed by atoms with Crippen LogP contribution in [0.5, 0.6) is 0 Å². The number of nitrogens with one attached hydrogen (secondary N) is 2. The second-order valence-electron chi connectivity index (χ2n) is 5.36. The van der Waals surface area contributed by atoms with E-state index in [2.05, 4.69) is 19.5 Å². The summed E-state index contributed by atoms with van der Waals surface area (Å²) in [4.78, 5) is 46.2. The Morgan fingerprint density at radius 2 is 1.65 bits per heavy atom. The fourth-order valence-electron chi connectivity index (χ4n) is 1.10. The Kier molecular flexibility index (Phi) is 6.81. The van der Waals surface area contributed by atoms with Crippen molar-refractivity contribution in [1.29, 1.82) is 0 Å². The van der Waals surface area contributed by atoms with Crippen LogP contribution in [-0.4, -0.2) is 18.2 Å². The summed E-state index contributed by atoms with van der Waals surface area (Å²) in [6.07, 6.45) is -2.46. The minimum Gasteiger partial charge on any atom is -0.427 e. The molecular weight excluding hydrogens is 308 g/mol. The van der Waals surface area contributed by atoms with Crippen LogP contribution in [0, 0.1) is 5.41 Å². The molecule has 0 fully saturated rings. The fraction of sp³-hybridized carbons (Fsp3) is 0.357. The lowest BCUT2D eigenvalue weighted by Crippen LogP contribution is -2.40. The number of hydrogen-bond donors (Lipinski definition) is 2. The molecule has 126 valence electrons. The highest BCUT2D eigenvalue weighted by molar-refractivity contribution is 5.80. The summed E-state index contributed by atoms with van der Waals surface area (Å²) in [6, 6.07) is 8.85. The highest BCUT2D eigenvalue weighted by Crippen LogP contribution is 2.11. The van der Waals surface area contributed by atoms with Gasteiger partial charge < -0.3 is 4.74 Å². The lowest BCUT2D eigenvalue weighted by molar-refractivity contribution is -0.212. The van der Waals surface area contributed by atoms with Crippen molar-refractivity contribution in [2.45, 2.75) is 27.4 Å². The summed E-state index contributed by atoms with van der Waals surface area (Å²) in [5.74, 6) is -0.471. The lowest BCUT2D eigenvalue weighted by atomic mass is 9.96. The second-order valence-corrected chi connectivity index (χ2v) is 5.36. The third-order valence-corrected chi connectivity index (χ3v) is 2.34. The van der Waals surface area contributed by atoms with E-state index in [9.17, 15) is 14.4 Å². The van der Waals surface area contributed by atoms with Crippen molar-refractivity contribution < 1.29 is 33.8 Å². The Morgan fingerprint density at radius 3 is 2.26 bits per heavy atom. The highest BCUT2D eigenvalue weighted by Gasteiger charge is 2.21. The van der Waals surface area contributed by atoms with Gasteiger partial charge in [-0.25, -0.2) is 20.0 Å². The normalized spacial score (nSPS) is 10.4. The second kappa shape index (κ2) is 8.59. The molecule has 0 atom stereocenters. The maximum Gasteiger partial charge on any atom is 0.550 e. The van der Waals surface area contributed by atoms with Crippen LogP contribution in [0.3, 0.4) is 0 Å². The zero-order valence-electron chi connectivity index (χ0n) is 13.0. The molecule has 0 unspecified atom stereocenters. The van der Waals surface area contributed by atoms with Gasteiger partial charge in [-0.1, -0.05) is 51.1 Å². The first-order valence-electron chi connectivity index (χ1n) is 6.60. The van der Waals surface area contributed by atoms with Crippen molar-refractivity contribution >= 4 is 18.2 Å². The topological polar surface area (TPSA) is 112 Å². The molecule has 0 saturated carbocycles. The summed E-state index contributed by atoms with van der Waals surface area (Å²) < 4.78 is 4.69. The number of hydroxylamine groups is 2. The van der Waals surface area contributed by atoms with E-state index in [1.165, 1.54) is 0 Å². The zero-order chi connectivity index (χ0) is 17.3. The first-order valence-corrected chi connectivity index (χ1v) is 6.60. The molecule has 0 radical (unpaired) electrons. The molecule has 0 heterocycles. The third kappa shape index (κ3) is 7.67. The molecule has 0 aliphatic carbocycles. The number of rotatable bonds is 4. The van der Waals surface area contributed by atoms with Crippen LogP contribution in [0.2, 0.25) is 0 Å². The van der Waals surface area contributed by atoms with E-state index in [1.807, 2.05) is 11.5 Å². The maximum atomic E-state index is 11.4. The molecule has 23 heavy (non-hydrogen) atoms. The maximum absolute atomic E-state index is 11.4. The minimum atomic E-state index is -1.25. The molecule has 1 aromatic carbocycles. The standard InChI is InChI=1S/C14H18N2O7/c1-14(2,3)11(17)15-23-16-12(18)21-22-13(19)20-9-10-7-5-4-6-8-10/h4-8H,9H2,1-3H3,(H,15,17)(H,16,18). The van der Waals surface area contributed by atoms with Gasteiger partial charge in [0.1, 0.15) is 6.61 Å². The number of carbonyl (C=O) groups is 3. The van der Waals surface area contributed by atoms with E-state index in [1.54, 1.807) is 50.5 Å². The summed E-state index contributed by atoms with van der Waals surface area (Å²) >= 11 is 0. The van der Waals surface area contributed by atoms with Crippen molar-refractivity contribution in [1.82, 2.24) is 11.0 Å². The molecule has 0 aromatic heterocycles. The van der Waals surface area contributed by atoms with Gasteiger partial charge >= 0.3 is 12.2 Å². The fourth-order valence-corrected chi connectivity index (χ4v) is 1.10. The minimum absolute atomic E-state index is 0.0389. The van der Waals surface area contributed by atoms with Gasteiger partial charge in [0, 0.05) is 5.41 Å². The van der Waals surface area contributed by atoms with Crippen molar-refractivity contribution in [2.24, 2.45) is 5.41 Å². The van der Waals surface area contributed by atoms with Gasteiger partial charge in [0.05, 0.1) is 0 Å². The van der Waals surface area contributed by atoms with Gasteiger partial charge in [0.25, 0.3) is 5.91 Å². The highest BCUT2D eigenvalue weighted by atomic mass is 17.2. The molecule has 0 aliphatic rings. The van der Waals surface area contributed by atoms with Crippen LogP contribution in [0.1, 0.15) is 26.3 Å². The lowest BCUT2D eigenvalue weighted by Gasteiger charge is -2.16. The van der Waals surface area contributed by atoms with Gasteiger partial charge in [-0.3, -0.25) is 4.79 Å². The summed E-state index contributed by atoms with van der Waals surface area (Å²) in [6.45, 7) is 4.91. The predicted molar refractivity (Wildman–Crippen MR) is 76.0 cm³/mol. The molecule has 2 amide bonds. The van der Waals surface area contributed by atoms with E-state index >= 15 is 0 Å².